The van der Waals surface area contributed by atoms with Gasteiger partial charge >= 0.3 is 12.2 Å². The highest BCUT2D eigenvalue weighted by Gasteiger charge is 2.16. The Morgan fingerprint density at radius 2 is 1.26 bits per heavy atom. The normalized spacial score (nSPS) is 11.8. The summed E-state index contributed by atoms with van der Waals surface area (Å²) >= 11 is 0. The fourth-order valence-corrected chi connectivity index (χ4v) is 2.88. The minimum atomic E-state index is -0.489. The van der Waals surface area contributed by atoms with E-state index in [4.69, 9.17) is 9.47 Å². The van der Waals surface area contributed by atoms with Gasteiger partial charge in [0.05, 0.1) is 0 Å². The molecule has 0 unspecified atom stereocenters. The summed E-state index contributed by atoms with van der Waals surface area (Å²) in [7, 11) is 0. The second kappa shape index (κ2) is 13.2. The molecule has 2 N–H and O–H groups in total. The van der Waals surface area contributed by atoms with Crippen LogP contribution in [-0.2, 0) is 16.0 Å². The molecule has 1 aromatic rings. The number of carbonyl (C=O) groups excluding carboxylic acids is 2. The molecule has 176 valence electrons. The smallest absolute Gasteiger partial charge is 0.407 e. The zero-order valence-electron chi connectivity index (χ0n) is 20.1. The molecule has 7 nitrogen and oxygen atoms in total. The Hall–Kier alpha value is -2.28. The minimum absolute atomic E-state index is 0.373. The van der Waals surface area contributed by atoms with Gasteiger partial charge in [-0.3, -0.25) is 4.90 Å². The molecule has 0 saturated heterocycles. The molecule has 1 rings (SSSR count). The number of unbranched alkanes of at least 4 members (excludes halogenated alkanes) is 1. The maximum atomic E-state index is 11.8. The van der Waals surface area contributed by atoms with Crippen LogP contribution < -0.4 is 10.6 Å². The van der Waals surface area contributed by atoms with Crippen molar-refractivity contribution >= 4 is 12.2 Å². The quantitative estimate of drug-likeness (QED) is 0.492. The molecule has 0 heterocycles. The largest absolute Gasteiger partial charge is 0.444 e. The van der Waals surface area contributed by atoms with Crippen LogP contribution in [0.1, 0.15) is 66.4 Å². The summed E-state index contributed by atoms with van der Waals surface area (Å²) in [5.41, 5.74) is 0.287. The average Bonchev–Trinajstić information content (AvgIpc) is 2.62. The minimum Gasteiger partial charge on any atom is -0.444 e. The molecule has 31 heavy (non-hydrogen) atoms. The number of alkyl carbamates (subject to hydrolysis) is 2. The Morgan fingerprint density at radius 3 is 1.77 bits per heavy atom. The molecule has 1 aromatic carbocycles. The summed E-state index contributed by atoms with van der Waals surface area (Å²) < 4.78 is 10.5. The van der Waals surface area contributed by atoms with Gasteiger partial charge in [-0.2, -0.15) is 0 Å². The highest BCUT2D eigenvalue weighted by molar-refractivity contribution is 5.67. The van der Waals surface area contributed by atoms with Crippen molar-refractivity contribution < 1.29 is 19.1 Å². The number of nitrogens with zero attached hydrogens (tertiary/aromatic N) is 1. The molecule has 0 aliphatic heterocycles. The highest BCUT2D eigenvalue weighted by atomic mass is 16.6. The van der Waals surface area contributed by atoms with Crippen LogP contribution in [0.25, 0.3) is 0 Å². The first-order chi connectivity index (χ1) is 14.4. The Labute approximate surface area is 187 Å². The highest BCUT2D eigenvalue weighted by Crippen LogP contribution is 2.09. The molecule has 0 saturated carbocycles. The fraction of sp³-hybridized carbons (Fsp3) is 0.667. The summed E-state index contributed by atoms with van der Waals surface area (Å²) in [6.45, 7) is 14.9. The Kier molecular flexibility index (Phi) is 11.4. The van der Waals surface area contributed by atoms with Gasteiger partial charge in [-0.05, 0) is 72.9 Å². The molecular weight excluding hydrogens is 394 g/mol. The average molecular weight is 436 g/mol. The van der Waals surface area contributed by atoms with E-state index in [1.807, 2.05) is 59.7 Å². The first kappa shape index (κ1) is 26.8. The van der Waals surface area contributed by atoms with Crippen LogP contribution in [0.4, 0.5) is 9.59 Å². The van der Waals surface area contributed by atoms with Crippen LogP contribution in [0, 0.1) is 0 Å². The van der Waals surface area contributed by atoms with E-state index >= 15 is 0 Å². The second-order valence-electron chi connectivity index (χ2n) is 9.68. The van der Waals surface area contributed by atoms with E-state index in [0.29, 0.717) is 13.1 Å². The molecule has 0 radical (unpaired) electrons. The van der Waals surface area contributed by atoms with Crippen molar-refractivity contribution in [3.8, 4) is 0 Å². The van der Waals surface area contributed by atoms with E-state index in [9.17, 15) is 9.59 Å². The molecule has 7 heteroatoms. The van der Waals surface area contributed by atoms with Crippen molar-refractivity contribution in [2.75, 3.05) is 26.2 Å². The number of carbonyl (C=O) groups is 2. The van der Waals surface area contributed by atoms with Gasteiger partial charge in [0.25, 0.3) is 0 Å². The molecule has 0 atom stereocenters. The van der Waals surface area contributed by atoms with Gasteiger partial charge in [-0.15, -0.1) is 0 Å². The van der Waals surface area contributed by atoms with Gasteiger partial charge < -0.3 is 20.1 Å². The lowest BCUT2D eigenvalue weighted by Gasteiger charge is -2.23. The number of hydrogen-bond acceptors (Lipinski definition) is 5. The van der Waals surface area contributed by atoms with Gasteiger partial charge in [0.1, 0.15) is 11.2 Å². The molecule has 0 aromatic heterocycles. The SMILES string of the molecule is CC(C)(C)OC(=O)NCCCCN(CCCNC(=O)OC(C)(C)C)Cc1ccccc1. The van der Waals surface area contributed by atoms with Crippen molar-refractivity contribution in [1.29, 1.82) is 0 Å². The Bertz CT molecular complexity index is 651. The van der Waals surface area contributed by atoms with E-state index in [1.54, 1.807) is 0 Å². The summed E-state index contributed by atoms with van der Waals surface area (Å²) in [4.78, 5) is 25.9. The monoisotopic (exact) mass is 435 g/mol. The maximum Gasteiger partial charge on any atom is 0.407 e. The van der Waals surface area contributed by atoms with Crippen molar-refractivity contribution in [1.82, 2.24) is 15.5 Å². The van der Waals surface area contributed by atoms with Gasteiger partial charge in [-0.25, -0.2) is 9.59 Å². The zero-order valence-corrected chi connectivity index (χ0v) is 20.1. The number of nitrogens with one attached hydrogen (secondary N) is 2. The third kappa shape index (κ3) is 15.2. The molecule has 0 spiro atoms. The van der Waals surface area contributed by atoms with Crippen LogP contribution in [-0.4, -0.2) is 54.5 Å². The topological polar surface area (TPSA) is 79.9 Å². The lowest BCUT2D eigenvalue weighted by molar-refractivity contribution is 0.0513. The van der Waals surface area contributed by atoms with E-state index in [0.717, 1.165) is 38.9 Å². The standard InChI is InChI=1S/C24H41N3O4/c1-23(2,3)30-21(28)25-15-10-11-17-27(19-20-13-8-7-9-14-20)18-12-16-26-22(29)31-24(4,5)6/h7-9,13-14H,10-12,15-19H2,1-6H3,(H,25,28)(H,26,29). The lowest BCUT2D eigenvalue weighted by atomic mass is 10.2. The predicted octanol–water partition coefficient (Wildman–Crippen LogP) is 4.71. The predicted molar refractivity (Wildman–Crippen MR) is 124 cm³/mol. The molecular formula is C24H41N3O4. The van der Waals surface area contributed by atoms with Crippen molar-refractivity contribution in [3.63, 3.8) is 0 Å². The van der Waals surface area contributed by atoms with Crippen LogP contribution >= 0.6 is 0 Å². The van der Waals surface area contributed by atoms with Crippen molar-refractivity contribution in [2.45, 2.75) is 78.6 Å². The van der Waals surface area contributed by atoms with E-state index in [-0.39, 0.29) is 12.2 Å². The third-order valence-corrected chi connectivity index (χ3v) is 4.14. The lowest BCUT2D eigenvalue weighted by Crippen LogP contribution is -2.35. The van der Waals surface area contributed by atoms with Gasteiger partial charge in [0.15, 0.2) is 0 Å². The second-order valence-corrected chi connectivity index (χ2v) is 9.68. The van der Waals surface area contributed by atoms with Crippen molar-refractivity contribution in [3.05, 3.63) is 35.9 Å². The van der Waals surface area contributed by atoms with Gasteiger partial charge in [0, 0.05) is 26.2 Å². The third-order valence-electron chi connectivity index (χ3n) is 4.14. The number of benzene rings is 1. The number of ether oxygens (including phenoxy) is 2. The van der Waals surface area contributed by atoms with E-state index in [1.165, 1.54) is 5.56 Å². The first-order valence-electron chi connectivity index (χ1n) is 11.1. The van der Waals surface area contributed by atoms with Crippen LogP contribution in [0.5, 0.6) is 0 Å². The molecule has 0 aliphatic carbocycles. The van der Waals surface area contributed by atoms with Crippen molar-refractivity contribution in [2.24, 2.45) is 0 Å². The summed E-state index contributed by atoms with van der Waals surface area (Å²) in [6, 6.07) is 10.3. The molecule has 0 aliphatic rings. The van der Waals surface area contributed by atoms with Crippen LogP contribution in [0.15, 0.2) is 30.3 Å². The van der Waals surface area contributed by atoms with Gasteiger partial charge in [-0.1, -0.05) is 30.3 Å². The number of hydrogen-bond donors (Lipinski definition) is 2. The van der Waals surface area contributed by atoms with E-state index in [2.05, 4.69) is 27.7 Å². The summed E-state index contributed by atoms with van der Waals surface area (Å²) in [5, 5.41) is 5.62. The van der Waals surface area contributed by atoms with Crippen LogP contribution in [0.3, 0.4) is 0 Å². The molecule has 0 fully saturated rings. The Morgan fingerprint density at radius 1 is 0.774 bits per heavy atom. The summed E-state index contributed by atoms with van der Waals surface area (Å²) in [5.74, 6) is 0. The van der Waals surface area contributed by atoms with E-state index < -0.39 is 11.2 Å². The maximum absolute atomic E-state index is 11.8. The van der Waals surface area contributed by atoms with Crippen LogP contribution in [0.2, 0.25) is 0 Å². The fourth-order valence-electron chi connectivity index (χ4n) is 2.88. The number of amides is 2. The zero-order chi connectivity index (χ0) is 23.3. The molecule has 2 amide bonds. The number of rotatable bonds is 11. The Balaban J connectivity index is 2.37. The van der Waals surface area contributed by atoms with Gasteiger partial charge in [0.2, 0.25) is 0 Å². The summed E-state index contributed by atoms with van der Waals surface area (Å²) in [6.07, 6.45) is 1.92. The first-order valence-corrected chi connectivity index (χ1v) is 11.1. The molecule has 0 bridgehead atoms.